The molecule has 2 aromatic rings. The maximum Gasteiger partial charge on any atom is -0.0151 e. The van der Waals surface area contributed by atoms with Crippen LogP contribution in [0.2, 0.25) is 0 Å². The van der Waals surface area contributed by atoms with Crippen LogP contribution in [0, 0.1) is 0 Å². The van der Waals surface area contributed by atoms with Crippen molar-refractivity contribution in [1.29, 1.82) is 0 Å². The van der Waals surface area contributed by atoms with Gasteiger partial charge in [0.1, 0.15) is 0 Å². The summed E-state index contributed by atoms with van der Waals surface area (Å²) < 4.78 is 0. The van der Waals surface area contributed by atoms with Crippen LogP contribution in [0.4, 0.5) is 0 Å². The molecule has 0 saturated heterocycles. The van der Waals surface area contributed by atoms with Crippen molar-refractivity contribution in [2.75, 3.05) is 0 Å². The van der Waals surface area contributed by atoms with E-state index in [1.165, 1.54) is 27.8 Å². The van der Waals surface area contributed by atoms with Gasteiger partial charge in [0, 0.05) is 0 Å². The molecule has 0 atom stereocenters. The Morgan fingerprint density at radius 3 is 1.35 bits per heavy atom. The summed E-state index contributed by atoms with van der Waals surface area (Å²) in [4.78, 5) is 0. The molecular weight excluding hydrogens is 312 g/mol. The van der Waals surface area contributed by atoms with Crippen LogP contribution in [0.25, 0.3) is 11.1 Å². The Morgan fingerprint density at radius 2 is 1.04 bits per heavy atom. The summed E-state index contributed by atoms with van der Waals surface area (Å²) >= 11 is 0. The molecule has 0 radical (unpaired) electrons. The predicted molar refractivity (Wildman–Crippen MR) is 119 cm³/mol. The maximum absolute atomic E-state index is 2.28. The highest BCUT2D eigenvalue weighted by Gasteiger charge is 2.02. The standard InChI is InChI=1S/C19H16.C5H10.C2H6/c1-3-8-16(9-4-1)18-12-7-13-19(15-14-18)17-10-5-2-6-11-17;1-4-5(2)3;1-2/h1-6,8-15H,7H2;4H,1-3H3;1-2H3. The molecule has 0 saturated carbocycles. The second kappa shape index (κ2) is 12.7. The van der Waals surface area contributed by atoms with Gasteiger partial charge >= 0.3 is 0 Å². The fourth-order valence-electron chi connectivity index (χ4n) is 2.32. The van der Waals surface area contributed by atoms with Crippen LogP contribution in [-0.4, -0.2) is 0 Å². The molecule has 0 unspecified atom stereocenters. The first-order valence-corrected chi connectivity index (χ1v) is 9.49. The monoisotopic (exact) mass is 344 g/mol. The van der Waals surface area contributed by atoms with E-state index in [1.807, 2.05) is 20.8 Å². The number of rotatable bonds is 2. The van der Waals surface area contributed by atoms with E-state index in [-0.39, 0.29) is 0 Å². The molecule has 3 rings (SSSR count). The molecule has 136 valence electrons. The SMILES string of the molecule is C1=CC(c2ccccc2)=CCC=C1c1ccccc1.CC.CC=C(C)C. The molecule has 0 bridgehead atoms. The summed E-state index contributed by atoms with van der Waals surface area (Å²) in [6, 6.07) is 21.1. The second-order valence-corrected chi connectivity index (χ2v) is 5.99. The van der Waals surface area contributed by atoms with E-state index in [4.69, 9.17) is 0 Å². The molecule has 0 amide bonds. The Balaban J connectivity index is 0.000000420. The van der Waals surface area contributed by atoms with Gasteiger partial charge in [0.2, 0.25) is 0 Å². The maximum atomic E-state index is 2.28. The van der Waals surface area contributed by atoms with Gasteiger partial charge in [-0.3, -0.25) is 0 Å². The summed E-state index contributed by atoms with van der Waals surface area (Å²) in [7, 11) is 0. The van der Waals surface area contributed by atoms with Crippen molar-refractivity contribution in [2.24, 2.45) is 0 Å². The van der Waals surface area contributed by atoms with Crippen LogP contribution in [0.3, 0.4) is 0 Å². The summed E-state index contributed by atoms with van der Waals surface area (Å²) in [6.07, 6.45) is 12.0. The molecule has 0 heteroatoms. The van der Waals surface area contributed by atoms with Gasteiger partial charge in [-0.05, 0) is 49.5 Å². The third-order valence-electron chi connectivity index (χ3n) is 3.91. The van der Waals surface area contributed by atoms with Crippen molar-refractivity contribution in [3.05, 3.63) is 108 Å². The summed E-state index contributed by atoms with van der Waals surface area (Å²) in [6.45, 7) is 10.2. The lowest BCUT2D eigenvalue weighted by atomic mass is 10.0. The van der Waals surface area contributed by atoms with Gasteiger partial charge in [-0.15, -0.1) is 0 Å². The topological polar surface area (TPSA) is 0 Å². The third-order valence-corrected chi connectivity index (χ3v) is 3.91. The van der Waals surface area contributed by atoms with Crippen molar-refractivity contribution >= 4 is 11.1 Å². The van der Waals surface area contributed by atoms with Crippen LogP contribution in [0.15, 0.2) is 96.6 Å². The fraction of sp³-hybridized carbons (Fsp3) is 0.231. The molecule has 1 aliphatic carbocycles. The molecule has 0 aromatic heterocycles. The lowest BCUT2D eigenvalue weighted by molar-refractivity contribution is 1.36. The normalized spacial score (nSPS) is 12.2. The first-order chi connectivity index (χ1) is 12.7. The van der Waals surface area contributed by atoms with Crippen molar-refractivity contribution in [2.45, 2.75) is 41.0 Å². The van der Waals surface area contributed by atoms with Crippen LogP contribution >= 0.6 is 0 Å². The largest absolute Gasteiger partial charge is 0.0890 e. The van der Waals surface area contributed by atoms with Gasteiger partial charge in [0.05, 0.1) is 0 Å². The van der Waals surface area contributed by atoms with E-state index in [9.17, 15) is 0 Å². The third kappa shape index (κ3) is 7.53. The minimum atomic E-state index is 0.974. The molecule has 26 heavy (non-hydrogen) atoms. The molecule has 0 spiro atoms. The minimum Gasteiger partial charge on any atom is -0.0890 e. The van der Waals surface area contributed by atoms with Gasteiger partial charge in [-0.2, -0.15) is 0 Å². The zero-order valence-electron chi connectivity index (χ0n) is 16.9. The van der Waals surface area contributed by atoms with Gasteiger partial charge in [0.15, 0.2) is 0 Å². The molecule has 0 N–H and O–H groups in total. The average Bonchev–Trinajstić information content (AvgIpc) is 2.97. The van der Waals surface area contributed by atoms with E-state index in [0.717, 1.165) is 6.42 Å². The van der Waals surface area contributed by atoms with Crippen molar-refractivity contribution < 1.29 is 0 Å². The number of hydrogen-bond donors (Lipinski definition) is 0. The lowest BCUT2D eigenvalue weighted by Gasteiger charge is -2.01. The van der Waals surface area contributed by atoms with Crippen LogP contribution in [0.5, 0.6) is 0 Å². The van der Waals surface area contributed by atoms with E-state index in [1.54, 1.807) is 0 Å². The van der Waals surface area contributed by atoms with E-state index < -0.39 is 0 Å². The molecule has 0 aliphatic heterocycles. The second-order valence-electron chi connectivity index (χ2n) is 5.99. The Labute approximate surface area is 160 Å². The smallest absolute Gasteiger partial charge is 0.0151 e. The quantitative estimate of drug-likeness (QED) is 0.483. The molecule has 0 nitrogen and oxygen atoms in total. The predicted octanol–water partition coefficient (Wildman–Crippen LogP) is 8.11. The van der Waals surface area contributed by atoms with Crippen molar-refractivity contribution in [3.8, 4) is 0 Å². The molecule has 0 heterocycles. The van der Waals surface area contributed by atoms with E-state index >= 15 is 0 Å². The molecular formula is C26H32. The van der Waals surface area contributed by atoms with Crippen molar-refractivity contribution in [3.63, 3.8) is 0 Å². The van der Waals surface area contributed by atoms with E-state index in [2.05, 4.69) is 105 Å². The van der Waals surface area contributed by atoms with E-state index in [0.29, 0.717) is 0 Å². The molecule has 0 fully saturated rings. The van der Waals surface area contributed by atoms with Gasteiger partial charge in [-0.1, -0.05) is 110 Å². The van der Waals surface area contributed by atoms with Gasteiger partial charge in [0.25, 0.3) is 0 Å². The van der Waals surface area contributed by atoms with Crippen LogP contribution in [0.1, 0.15) is 52.2 Å². The number of hydrogen-bond acceptors (Lipinski definition) is 0. The fourth-order valence-corrected chi connectivity index (χ4v) is 2.32. The first-order valence-electron chi connectivity index (χ1n) is 9.49. The average molecular weight is 345 g/mol. The summed E-state index contributed by atoms with van der Waals surface area (Å²) in [5, 5.41) is 0. The summed E-state index contributed by atoms with van der Waals surface area (Å²) in [5.41, 5.74) is 6.53. The van der Waals surface area contributed by atoms with Gasteiger partial charge in [-0.25, -0.2) is 0 Å². The highest BCUT2D eigenvalue weighted by Crippen LogP contribution is 2.24. The number of allylic oxidation sites excluding steroid dienone is 8. The Hall–Kier alpha value is -2.60. The zero-order valence-corrected chi connectivity index (χ0v) is 16.9. The highest BCUT2D eigenvalue weighted by molar-refractivity contribution is 5.83. The van der Waals surface area contributed by atoms with Crippen LogP contribution in [-0.2, 0) is 0 Å². The zero-order chi connectivity index (χ0) is 19.2. The molecule has 2 aromatic carbocycles. The lowest BCUT2D eigenvalue weighted by Crippen LogP contribution is -1.79. The minimum absolute atomic E-state index is 0.974. The summed E-state index contributed by atoms with van der Waals surface area (Å²) in [5.74, 6) is 0. The van der Waals surface area contributed by atoms with Gasteiger partial charge < -0.3 is 0 Å². The molecule has 1 aliphatic rings. The Kier molecular flexibility index (Phi) is 10.5. The highest BCUT2D eigenvalue weighted by atomic mass is 14.1. The number of benzene rings is 2. The van der Waals surface area contributed by atoms with Crippen molar-refractivity contribution in [1.82, 2.24) is 0 Å². The Bertz CT molecular complexity index is 680. The van der Waals surface area contributed by atoms with Crippen LogP contribution < -0.4 is 0 Å². The first kappa shape index (κ1) is 21.4. The Morgan fingerprint density at radius 1 is 0.692 bits per heavy atom.